The number of piperidine rings is 1. The van der Waals surface area contributed by atoms with Gasteiger partial charge in [0.25, 0.3) is 0 Å². The SMILES string of the molecule is Cc1ccc(-c2nc(CSC(C=O)CNC3CCN(Cc4ccccc4)CC3)c(C)o2)cc1. The van der Waals surface area contributed by atoms with Gasteiger partial charge in [-0.1, -0.05) is 48.0 Å². The minimum absolute atomic E-state index is 0.0914. The fourth-order valence-corrected chi connectivity index (χ4v) is 5.07. The van der Waals surface area contributed by atoms with E-state index in [9.17, 15) is 4.79 Å². The second-order valence-electron chi connectivity index (χ2n) is 8.82. The minimum atomic E-state index is -0.0914. The number of carbonyl (C=O) groups is 1. The van der Waals surface area contributed by atoms with Crippen LogP contribution in [0.4, 0.5) is 0 Å². The van der Waals surface area contributed by atoms with Gasteiger partial charge in [-0.2, -0.15) is 0 Å². The fourth-order valence-electron chi connectivity index (χ4n) is 4.13. The van der Waals surface area contributed by atoms with E-state index in [-0.39, 0.29) is 5.25 Å². The molecule has 1 fully saturated rings. The molecule has 1 saturated heterocycles. The number of likely N-dealkylation sites (tertiary alicyclic amines) is 1. The maximum absolute atomic E-state index is 11.7. The van der Waals surface area contributed by atoms with Crippen LogP contribution in [0, 0.1) is 13.8 Å². The second kappa shape index (κ2) is 11.6. The average Bonchev–Trinajstić information content (AvgIpc) is 3.21. The number of nitrogens with one attached hydrogen (secondary N) is 1. The van der Waals surface area contributed by atoms with Crippen molar-refractivity contribution in [3.8, 4) is 11.5 Å². The van der Waals surface area contributed by atoms with Crippen molar-refractivity contribution in [3.63, 3.8) is 0 Å². The van der Waals surface area contributed by atoms with Crippen molar-refractivity contribution < 1.29 is 9.21 Å². The highest BCUT2D eigenvalue weighted by Gasteiger charge is 2.21. The third kappa shape index (κ3) is 6.79. The molecule has 0 saturated carbocycles. The highest BCUT2D eigenvalue weighted by Crippen LogP contribution is 2.26. The lowest BCUT2D eigenvalue weighted by Crippen LogP contribution is -2.44. The molecule has 3 aromatic rings. The highest BCUT2D eigenvalue weighted by molar-refractivity contribution is 7.99. The smallest absolute Gasteiger partial charge is 0.226 e. The Hall–Kier alpha value is -2.41. The maximum Gasteiger partial charge on any atom is 0.226 e. The Balaban J connectivity index is 1.21. The standard InChI is InChI=1S/C27H33N3O2S/c1-20-8-10-23(11-9-20)27-29-26(21(2)32-27)19-33-25(18-31)16-28-24-12-14-30(15-13-24)17-22-6-4-3-5-7-22/h3-11,18,24-25,28H,12-17,19H2,1-2H3. The lowest BCUT2D eigenvalue weighted by atomic mass is 10.0. The van der Waals surface area contributed by atoms with Crippen molar-refractivity contribution in [3.05, 3.63) is 77.2 Å². The third-order valence-electron chi connectivity index (χ3n) is 6.22. The summed E-state index contributed by atoms with van der Waals surface area (Å²) >= 11 is 1.63. The molecular weight excluding hydrogens is 430 g/mol. The Morgan fingerprint density at radius 2 is 1.85 bits per heavy atom. The molecule has 1 atom stereocenters. The first kappa shape index (κ1) is 23.7. The molecule has 2 heterocycles. The molecule has 2 aromatic carbocycles. The number of thioether (sulfide) groups is 1. The second-order valence-corrected chi connectivity index (χ2v) is 10.0. The normalized spacial score (nSPS) is 16.1. The Morgan fingerprint density at radius 1 is 1.12 bits per heavy atom. The number of carbonyl (C=O) groups excluding carboxylic acids is 1. The van der Waals surface area contributed by atoms with Crippen molar-refractivity contribution in [2.24, 2.45) is 0 Å². The first-order valence-corrected chi connectivity index (χ1v) is 12.8. The number of rotatable bonds is 10. The van der Waals surface area contributed by atoms with Crippen LogP contribution in [0.25, 0.3) is 11.5 Å². The van der Waals surface area contributed by atoms with Gasteiger partial charge in [0.15, 0.2) is 0 Å². The number of oxazole rings is 1. The Bertz CT molecular complexity index is 1010. The van der Waals surface area contributed by atoms with Gasteiger partial charge >= 0.3 is 0 Å². The number of aryl methyl sites for hydroxylation is 2. The van der Waals surface area contributed by atoms with Crippen molar-refractivity contribution in [2.75, 3.05) is 19.6 Å². The molecule has 0 spiro atoms. The number of aromatic nitrogens is 1. The van der Waals surface area contributed by atoms with Gasteiger partial charge in [0.1, 0.15) is 12.0 Å². The van der Waals surface area contributed by atoms with E-state index in [1.165, 1.54) is 11.1 Å². The Kier molecular flexibility index (Phi) is 8.37. The van der Waals surface area contributed by atoms with Gasteiger partial charge in [-0.3, -0.25) is 4.90 Å². The molecule has 5 nitrogen and oxygen atoms in total. The predicted molar refractivity (Wildman–Crippen MR) is 135 cm³/mol. The van der Waals surface area contributed by atoms with Gasteiger partial charge in [0.2, 0.25) is 5.89 Å². The van der Waals surface area contributed by atoms with Gasteiger partial charge in [-0.25, -0.2) is 4.98 Å². The molecule has 1 aromatic heterocycles. The quantitative estimate of drug-likeness (QED) is 0.427. The van der Waals surface area contributed by atoms with E-state index in [4.69, 9.17) is 4.42 Å². The van der Waals surface area contributed by atoms with E-state index in [0.29, 0.717) is 24.2 Å². The third-order valence-corrected chi connectivity index (χ3v) is 7.37. The summed E-state index contributed by atoms with van der Waals surface area (Å²) in [6.07, 6.45) is 3.29. The molecule has 0 bridgehead atoms. The van der Waals surface area contributed by atoms with E-state index in [2.05, 4.69) is 64.6 Å². The van der Waals surface area contributed by atoms with Gasteiger partial charge in [0.05, 0.1) is 10.9 Å². The van der Waals surface area contributed by atoms with Crippen LogP contribution >= 0.6 is 11.8 Å². The number of aldehydes is 1. The number of hydrogen-bond donors (Lipinski definition) is 1. The summed E-state index contributed by atoms with van der Waals surface area (Å²) in [5.41, 5.74) is 4.47. The summed E-state index contributed by atoms with van der Waals surface area (Å²) in [6, 6.07) is 19.3. The molecule has 1 aliphatic heterocycles. The number of hydrogen-bond acceptors (Lipinski definition) is 6. The zero-order valence-corrected chi connectivity index (χ0v) is 20.3. The van der Waals surface area contributed by atoms with Gasteiger partial charge in [0, 0.05) is 30.4 Å². The summed E-state index contributed by atoms with van der Waals surface area (Å²) in [5.74, 6) is 2.13. The average molecular weight is 464 g/mol. The molecular formula is C27H33N3O2S. The summed E-state index contributed by atoms with van der Waals surface area (Å²) in [5, 5.41) is 3.53. The highest BCUT2D eigenvalue weighted by atomic mass is 32.2. The van der Waals surface area contributed by atoms with Gasteiger partial charge < -0.3 is 14.5 Å². The molecule has 4 rings (SSSR count). The first-order valence-electron chi connectivity index (χ1n) is 11.7. The first-order chi connectivity index (χ1) is 16.1. The van der Waals surface area contributed by atoms with Crippen LogP contribution in [0.3, 0.4) is 0 Å². The zero-order valence-electron chi connectivity index (χ0n) is 19.5. The largest absolute Gasteiger partial charge is 0.441 e. The van der Waals surface area contributed by atoms with Gasteiger partial charge in [-0.15, -0.1) is 11.8 Å². The van der Waals surface area contributed by atoms with E-state index in [1.807, 2.05) is 19.1 Å². The van der Waals surface area contributed by atoms with E-state index < -0.39 is 0 Å². The summed E-state index contributed by atoms with van der Waals surface area (Å²) in [4.78, 5) is 18.9. The van der Waals surface area contributed by atoms with Crippen LogP contribution in [0.1, 0.15) is 35.4 Å². The van der Waals surface area contributed by atoms with E-state index in [0.717, 1.165) is 55.8 Å². The van der Waals surface area contributed by atoms with Crippen molar-refractivity contribution in [1.29, 1.82) is 0 Å². The molecule has 6 heteroatoms. The predicted octanol–water partition coefficient (Wildman–Crippen LogP) is 5.01. The lowest BCUT2D eigenvalue weighted by Gasteiger charge is -2.33. The number of nitrogens with zero attached hydrogens (tertiary/aromatic N) is 2. The van der Waals surface area contributed by atoms with Crippen LogP contribution in [0.5, 0.6) is 0 Å². The molecule has 0 aliphatic carbocycles. The Labute approximate surface area is 201 Å². The van der Waals surface area contributed by atoms with Crippen molar-refractivity contribution >= 4 is 18.0 Å². The van der Waals surface area contributed by atoms with E-state index in [1.54, 1.807) is 11.8 Å². The lowest BCUT2D eigenvalue weighted by molar-refractivity contribution is -0.107. The summed E-state index contributed by atoms with van der Waals surface area (Å²) < 4.78 is 5.88. The molecule has 1 unspecified atom stereocenters. The molecule has 0 radical (unpaired) electrons. The molecule has 0 amide bonds. The monoisotopic (exact) mass is 463 g/mol. The maximum atomic E-state index is 11.7. The van der Waals surface area contributed by atoms with Crippen LogP contribution in [0.15, 0.2) is 59.0 Å². The molecule has 1 N–H and O–H groups in total. The minimum Gasteiger partial charge on any atom is -0.441 e. The van der Waals surface area contributed by atoms with Crippen LogP contribution in [-0.4, -0.2) is 47.1 Å². The molecule has 1 aliphatic rings. The van der Waals surface area contributed by atoms with Crippen LogP contribution in [-0.2, 0) is 17.1 Å². The van der Waals surface area contributed by atoms with Crippen molar-refractivity contribution in [1.82, 2.24) is 15.2 Å². The van der Waals surface area contributed by atoms with E-state index >= 15 is 0 Å². The topological polar surface area (TPSA) is 58.4 Å². The fraction of sp³-hybridized carbons (Fsp3) is 0.407. The Morgan fingerprint density at radius 3 is 2.55 bits per heavy atom. The summed E-state index contributed by atoms with van der Waals surface area (Å²) in [6.45, 7) is 7.89. The van der Waals surface area contributed by atoms with Crippen LogP contribution < -0.4 is 5.32 Å². The summed E-state index contributed by atoms with van der Waals surface area (Å²) in [7, 11) is 0. The molecule has 174 valence electrons. The van der Waals surface area contributed by atoms with Crippen LogP contribution in [0.2, 0.25) is 0 Å². The number of benzene rings is 2. The molecule has 33 heavy (non-hydrogen) atoms. The zero-order chi connectivity index (χ0) is 23.0. The van der Waals surface area contributed by atoms with Gasteiger partial charge in [-0.05, 0) is 57.5 Å². The van der Waals surface area contributed by atoms with Crippen molar-refractivity contribution in [2.45, 2.75) is 50.3 Å².